The Morgan fingerprint density at radius 2 is 2.29 bits per heavy atom. The van der Waals surface area contributed by atoms with Crippen LogP contribution in [0.25, 0.3) is 0 Å². The molecule has 0 aromatic carbocycles. The van der Waals surface area contributed by atoms with Crippen molar-refractivity contribution in [3.8, 4) is 0 Å². The number of hydrogen-bond donors (Lipinski definition) is 1. The highest BCUT2D eigenvalue weighted by atomic mass is 79.9. The predicted octanol–water partition coefficient (Wildman–Crippen LogP) is 1.19. The van der Waals surface area contributed by atoms with Crippen LogP contribution < -0.4 is 5.73 Å². The first-order valence-electron chi connectivity index (χ1n) is 3.97. The predicted molar refractivity (Wildman–Crippen MR) is 55.5 cm³/mol. The van der Waals surface area contributed by atoms with Gasteiger partial charge in [0.15, 0.2) is 0 Å². The van der Waals surface area contributed by atoms with Crippen LogP contribution in [0.4, 0.5) is 0 Å². The second-order valence-corrected chi connectivity index (χ2v) is 4.00. The van der Waals surface area contributed by atoms with Crippen LogP contribution in [-0.2, 0) is 15.1 Å². The van der Waals surface area contributed by atoms with E-state index in [1.54, 1.807) is 25.4 Å². The number of nitrogens with zero attached hydrogens (tertiary/aromatic N) is 1. The van der Waals surface area contributed by atoms with Crippen LogP contribution >= 0.6 is 15.9 Å². The summed E-state index contributed by atoms with van der Waals surface area (Å²) in [6.45, 7) is 1.59. The van der Waals surface area contributed by atoms with Crippen LogP contribution in [0.15, 0.2) is 22.9 Å². The van der Waals surface area contributed by atoms with E-state index in [1.165, 1.54) is 7.11 Å². The zero-order valence-electron chi connectivity index (χ0n) is 7.95. The average molecular weight is 259 g/mol. The maximum Gasteiger partial charge on any atom is 0.330 e. The summed E-state index contributed by atoms with van der Waals surface area (Å²) < 4.78 is 5.38. The fourth-order valence-corrected chi connectivity index (χ4v) is 1.39. The molecule has 1 rings (SSSR count). The van der Waals surface area contributed by atoms with Gasteiger partial charge in [-0.1, -0.05) is 0 Å². The van der Waals surface area contributed by atoms with Crippen LogP contribution in [0.2, 0.25) is 0 Å². The molecule has 5 heteroatoms. The van der Waals surface area contributed by atoms with Crippen LogP contribution in [0.5, 0.6) is 0 Å². The molecule has 0 amide bonds. The van der Waals surface area contributed by atoms with Gasteiger partial charge in [0.1, 0.15) is 5.54 Å². The standard InChI is InChI=1S/C9H11BrN2O2/c1-9(11,8(13)14-2)6-3-7(10)5-12-4-6/h3-5H,11H2,1-2H3. The molecule has 0 fully saturated rings. The molecule has 1 heterocycles. The Labute approximate surface area is 90.6 Å². The first-order valence-corrected chi connectivity index (χ1v) is 4.76. The van der Waals surface area contributed by atoms with E-state index in [0.717, 1.165) is 4.47 Å². The van der Waals surface area contributed by atoms with Crippen molar-refractivity contribution in [3.63, 3.8) is 0 Å². The Morgan fingerprint density at radius 3 is 2.79 bits per heavy atom. The van der Waals surface area contributed by atoms with Crippen molar-refractivity contribution >= 4 is 21.9 Å². The van der Waals surface area contributed by atoms with E-state index in [-0.39, 0.29) is 0 Å². The summed E-state index contributed by atoms with van der Waals surface area (Å²) in [5.74, 6) is -0.489. The van der Waals surface area contributed by atoms with Gasteiger partial charge in [0.05, 0.1) is 7.11 Å². The lowest BCUT2D eigenvalue weighted by Gasteiger charge is -2.21. The summed E-state index contributed by atoms with van der Waals surface area (Å²) in [6, 6.07) is 1.74. The number of carbonyl (C=O) groups is 1. The molecule has 1 aromatic rings. The molecule has 4 nitrogen and oxygen atoms in total. The molecule has 1 atom stereocenters. The maximum absolute atomic E-state index is 11.4. The summed E-state index contributed by atoms with van der Waals surface area (Å²) in [6.07, 6.45) is 3.17. The zero-order chi connectivity index (χ0) is 10.8. The van der Waals surface area contributed by atoms with Gasteiger partial charge in [-0.2, -0.15) is 0 Å². The molecule has 2 N–H and O–H groups in total. The van der Waals surface area contributed by atoms with Gasteiger partial charge >= 0.3 is 5.97 Å². The summed E-state index contributed by atoms with van der Waals surface area (Å²) in [7, 11) is 1.30. The smallest absolute Gasteiger partial charge is 0.330 e. The van der Waals surface area contributed by atoms with Crippen molar-refractivity contribution in [1.82, 2.24) is 4.98 Å². The molecule has 0 aliphatic heterocycles. The Morgan fingerprint density at radius 1 is 1.64 bits per heavy atom. The Balaban J connectivity index is 3.09. The molecule has 76 valence electrons. The second-order valence-electron chi connectivity index (χ2n) is 3.09. The third-order valence-electron chi connectivity index (χ3n) is 1.91. The molecule has 0 saturated heterocycles. The van der Waals surface area contributed by atoms with Gasteiger partial charge in [0, 0.05) is 22.4 Å². The quantitative estimate of drug-likeness (QED) is 0.810. The highest BCUT2D eigenvalue weighted by molar-refractivity contribution is 9.10. The maximum atomic E-state index is 11.4. The number of carbonyl (C=O) groups excluding carboxylic acids is 1. The van der Waals surface area contributed by atoms with Gasteiger partial charge in [-0.3, -0.25) is 4.98 Å². The van der Waals surface area contributed by atoms with E-state index in [9.17, 15) is 4.79 Å². The lowest BCUT2D eigenvalue weighted by Crippen LogP contribution is -2.42. The molecule has 0 aliphatic rings. The van der Waals surface area contributed by atoms with Crippen LogP contribution in [0.1, 0.15) is 12.5 Å². The van der Waals surface area contributed by atoms with Crippen LogP contribution in [0, 0.1) is 0 Å². The van der Waals surface area contributed by atoms with Crippen molar-refractivity contribution < 1.29 is 9.53 Å². The number of ether oxygens (including phenoxy) is 1. The van der Waals surface area contributed by atoms with Gasteiger partial charge in [-0.15, -0.1) is 0 Å². The topological polar surface area (TPSA) is 65.2 Å². The summed E-state index contributed by atoms with van der Waals surface area (Å²) in [5, 5.41) is 0. The number of rotatable bonds is 2. The Bertz CT molecular complexity index is 352. The first kappa shape index (κ1) is 11.1. The Kier molecular flexibility index (Phi) is 3.23. The van der Waals surface area contributed by atoms with Gasteiger partial charge in [0.25, 0.3) is 0 Å². The van der Waals surface area contributed by atoms with Crippen molar-refractivity contribution in [2.45, 2.75) is 12.5 Å². The lowest BCUT2D eigenvalue weighted by atomic mass is 9.95. The van der Waals surface area contributed by atoms with E-state index >= 15 is 0 Å². The summed E-state index contributed by atoms with van der Waals surface area (Å²) >= 11 is 3.26. The number of aromatic nitrogens is 1. The van der Waals surface area contributed by atoms with E-state index < -0.39 is 11.5 Å². The molecule has 0 aliphatic carbocycles. The largest absolute Gasteiger partial charge is 0.467 e. The molecule has 0 bridgehead atoms. The number of halogens is 1. The van der Waals surface area contributed by atoms with Crippen molar-refractivity contribution in [2.24, 2.45) is 5.73 Å². The summed E-state index contributed by atoms with van der Waals surface area (Å²) in [4.78, 5) is 15.3. The minimum absolute atomic E-state index is 0.489. The number of pyridine rings is 1. The molecule has 0 radical (unpaired) electrons. The fourth-order valence-electron chi connectivity index (χ4n) is 1.03. The zero-order valence-corrected chi connectivity index (χ0v) is 9.54. The third kappa shape index (κ3) is 2.10. The lowest BCUT2D eigenvalue weighted by molar-refractivity contribution is -0.146. The van der Waals surface area contributed by atoms with Gasteiger partial charge in [-0.25, -0.2) is 4.79 Å². The third-order valence-corrected chi connectivity index (χ3v) is 2.35. The highest BCUT2D eigenvalue weighted by Crippen LogP contribution is 2.21. The van der Waals surface area contributed by atoms with Crippen LogP contribution in [0.3, 0.4) is 0 Å². The van der Waals surface area contributed by atoms with E-state index in [0.29, 0.717) is 5.56 Å². The molecule has 1 aromatic heterocycles. The minimum Gasteiger partial charge on any atom is -0.467 e. The molecule has 1 unspecified atom stereocenters. The highest BCUT2D eigenvalue weighted by Gasteiger charge is 2.32. The number of methoxy groups -OCH3 is 1. The average Bonchev–Trinajstić information content (AvgIpc) is 2.16. The molecule has 0 saturated carbocycles. The SMILES string of the molecule is COC(=O)C(C)(N)c1cncc(Br)c1. The molecular formula is C9H11BrN2O2. The molecule has 0 spiro atoms. The normalized spacial score (nSPS) is 14.6. The van der Waals surface area contributed by atoms with Gasteiger partial charge < -0.3 is 10.5 Å². The summed E-state index contributed by atoms with van der Waals surface area (Å²) in [5.41, 5.74) is 5.27. The van der Waals surface area contributed by atoms with Crippen molar-refractivity contribution in [3.05, 3.63) is 28.5 Å². The van der Waals surface area contributed by atoms with Crippen molar-refractivity contribution in [1.29, 1.82) is 0 Å². The number of esters is 1. The van der Waals surface area contributed by atoms with Gasteiger partial charge in [0.2, 0.25) is 0 Å². The Hall–Kier alpha value is -0.940. The first-order chi connectivity index (χ1) is 6.48. The van der Waals surface area contributed by atoms with E-state index in [4.69, 9.17) is 5.73 Å². The van der Waals surface area contributed by atoms with Gasteiger partial charge in [-0.05, 0) is 28.9 Å². The number of hydrogen-bond acceptors (Lipinski definition) is 4. The fraction of sp³-hybridized carbons (Fsp3) is 0.333. The van der Waals surface area contributed by atoms with Crippen LogP contribution in [-0.4, -0.2) is 18.1 Å². The molecular weight excluding hydrogens is 248 g/mol. The van der Waals surface area contributed by atoms with Crippen molar-refractivity contribution in [2.75, 3.05) is 7.11 Å². The van der Waals surface area contributed by atoms with E-state index in [1.807, 2.05) is 0 Å². The minimum atomic E-state index is -1.16. The number of nitrogens with two attached hydrogens (primary N) is 1. The monoisotopic (exact) mass is 258 g/mol. The molecule has 14 heavy (non-hydrogen) atoms. The van der Waals surface area contributed by atoms with E-state index in [2.05, 4.69) is 25.7 Å². The second kappa shape index (κ2) is 4.06.